The first-order valence-corrected chi connectivity index (χ1v) is 6.80. The van der Waals surface area contributed by atoms with Gasteiger partial charge in [0.2, 0.25) is 0 Å². The van der Waals surface area contributed by atoms with Crippen molar-refractivity contribution in [1.82, 2.24) is 5.32 Å². The second kappa shape index (κ2) is 7.12. The highest BCUT2D eigenvalue weighted by Crippen LogP contribution is 2.16. The molecule has 0 saturated heterocycles. The summed E-state index contributed by atoms with van der Waals surface area (Å²) >= 11 is 0. The van der Waals surface area contributed by atoms with E-state index >= 15 is 0 Å². The van der Waals surface area contributed by atoms with Gasteiger partial charge in [-0.1, -0.05) is 18.2 Å². The van der Waals surface area contributed by atoms with Crippen LogP contribution in [0.2, 0.25) is 0 Å². The largest absolute Gasteiger partial charge is 0.491 e. The third-order valence-electron chi connectivity index (χ3n) is 3.15. The summed E-state index contributed by atoms with van der Waals surface area (Å²) in [6.45, 7) is 4.70. The summed E-state index contributed by atoms with van der Waals surface area (Å²) < 4.78 is 10.9. The summed E-state index contributed by atoms with van der Waals surface area (Å²) in [6.07, 6.45) is 1.08. The zero-order chi connectivity index (χ0) is 14.4. The maximum absolute atomic E-state index is 9.93. The van der Waals surface area contributed by atoms with Crippen molar-refractivity contribution in [3.05, 3.63) is 54.0 Å². The fourth-order valence-corrected chi connectivity index (χ4v) is 1.91. The van der Waals surface area contributed by atoms with E-state index in [1.54, 1.807) is 6.26 Å². The Morgan fingerprint density at radius 1 is 1.25 bits per heavy atom. The first kappa shape index (κ1) is 14.6. The molecule has 1 heterocycles. The quantitative estimate of drug-likeness (QED) is 0.815. The van der Waals surface area contributed by atoms with Gasteiger partial charge in [0.05, 0.1) is 12.3 Å². The van der Waals surface area contributed by atoms with Crippen LogP contribution < -0.4 is 10.1 Å². The third-order valence-corrected chi connectivity index (χ3v) is 3.15. The minimum atomic E-state index is -0.563. The van der Waals surface area contributed by atoms with Crippen LogP contribution in [0.4, 0.5) is 0 Å². The number of aliphatic hydroxyl groups excluding tert-OH is 1. The fraction of sp³-hybridized carbons (Fsp3) is 0.375. The van der Waals surface area contributed by atoms with Crippen LogP contribution >= 0.6 is 0 Å². The molecule has 1 aromatic heterocycles. The standard InChI is InChI=1S/C16H21NO3/c1-12-6-3-4-7-15(12)20-11-14(18)10-17-13(2)16-8-5-9-19-16/h3-9,13-14,17-18H,10-11H2,1-2H3/t13-,14?/m1/s1. The highest BCUT2D eigenvalue weighted by molar-refractivity contribution is 5.31. The Hall–Kier alpha value is -1.78. The van der Waals surface area contributed by atoms with Crippen LogP contribution in [0.15, 0.2) is 47.1 Å². The van der Waals surface area contributed by atoms with Gasteiger partial charge in [0.15, 0.2) is 0 Å². The molecule has 0 radical (unpaired) electrons. The van der Waals surface area contributed by atoms with Crippen molar-refractivity contribution in [3.63, 3.8) is 0 Å². The van der Waals surface area contributed by atoms with E-state index in [2.05, 4.69) is 5.32 Å². The molecule has 4 heteroatoms. The van der Waals surface area contributed by atoms with Crippen molar-refractivity contribution in [3.8, 4) is 5.75 Å². The summed E-state index contributed by atoms with van der Waals surface area (Å²) in [7, 11) is 0. The first-order chi connectivity index (χ1) is 9.66. The lowest BCUT2D eigenvalue weighted by Gasteiger charge is -2.17. The first-order valence-electron chi connectivity index (χ1n) is 6.80. The minimum absolute atomic E-state index is 0.0677. The molecule has 108 valence electrons. The predicted molar refractivity (Wildman–Crippen MR) is 77.8 cm³/mol. The molecule has 20 heavy (non-hydrogen) atoms. The summed E-state index contributed by atoms with van der Waals surface area (Å²) in [5, 5.41) is 13.1. The monoisotopic (exact) mass is 275 g/mol. The van der Waals surface area contributed by atoms with Gasteiger partial charge in [-0.2, -0.15) is 0 Å². The van der Waals surface area contributed by atoms with E-state index in [0.29, 0.717) is 6.54 Å². The normalized spacial score (nSPS) is 13.9. The zero-order valence-corrected chi connectivity index (χ0v) is 11.9. The molecule has 0 aliphatic carbocycles. The highest BCUT2D eigenvalue weighted by Gasteiger charge is 2.11. The Morgan fingerprint density at radius 3 is 2.75 bits per heavy atom. The molecule has 1 aromatic carbocycles. The van der Waals surface area contributed by atoms with E-state index in [1.807, 2.05) is 50.2 Å². The summed E-state index contributed by atoms with van der Waals surface area (Å²) in [5.74, 6) is 1.67. The van der Waals surface area contributed by atoms with Crippen molar-refractivity contribution in [2.24, 2.45) is 0 Å². The number of aryl methyl sites for hydroxylation is 1. The van der Waals surface area contributed by atoms with E-state index in [9.17, 15) is 5.11 Å². The van der Waals surface area contributed by atoms with E-state index < -0.39 is 6.10 Å². The maximum Gasteiger partial charge on any atom is 0.122 e. The van der Waals surface area contributed by atoms with Gasteiger partial charge in [-0.15, -0.1) is 0 Å². The van der Waals surface area contributed by atoms with Crippen LogP contribution in [0, 0.1) is 6.92 Å². The molecule has 2 rings (SSSR count). The van der Waals surface area contributed by atoms with Gasteiger partial charge in [-0.3, -0.25) is 0 Å². The van der Waals surface area contributed by atoms with Crippen LogP contribution in [-0.2, 0) is 0 Å². The van der Waals surface area contributed by atoms with Gasteiger partial charge < -0.3 is 19.6 Å². The number of ether oxygens (including phenoxy) is 1. The Kier molecular flexibility index (Phi) is 5.21. The van der Waals surface area contributed by atoms with Crippen LogP contribution in [0.1, 0.15) is 24.3 Å². The molecule has 0 amide bonds. The van der Waals surface area contributed by atoms with E-state index in [0.717, 1.165) is 17.1 Å². The number of benzene rings is 1. The number of hydrogen-bond acceptors (Lipinski definition) is 4. The van der Waals surface area contributed by atoms with E-state index in [-0.39, 0.29) is 12.6 Å². The second-order valence-corrected chi connectivity index (χ2v) is 4.88. The lowest BCUT2D eigenvalue weighted by molar-refractivity contribution is 0.103. The zero-order valence-electron chi connectivity index (χ0n) is 11.9. The summed E-state index contributed by atoms with van der Waals surface area (Å²) in [6, 6.07) is 11.6. The molecule has 0 spiro atoms. The molecule has 0 aliphatic rings. The molecule has 2 aromatic rings. The number of rotatable bonds is 7. The Labute approximate surface area is 119 Å². The smallest absolute Gasteiger partial charge is 0.122 e. The molecular weight excluding hydrogens is 254 g/mol. The SMILES string of the molecule is Cc1ccccc1OCC(O)CN[C@H](C)c1ccco1. The second-order valence-electron chi connectivity index (χ2n) is 4.88. The number of aliphatic hydroxyl groups is 1. The average Bonchev–Trinajstić information content (AvgIpc) is 2.98. The van der Waals surface area contributed by atoms with Gasteiger partial charge in [0, 0.05) is 6.54 Å². The lowest BCUT2D eigenvalue weighted by Crippen LogP contribution is -2.33. The fourth-order valence-electron chi connectivity index (χ4n) is 1.91. The van der Waals surface area contributed by atoms with Crippen molar-refractivity contribution >= 4 is 0 Å². The van der Waals surface area contributed by atoms with Gasteiger partial charge in [0.25, 0.3) is 0 Å². The topological polar surface area (TPSA) is 54.6 Å². The molecule has 2 atom stereocenters. The number of para-hydroxylation sites is 1. The van der Waals surface area contributed by atoms with E-state index in [4.69, 9.17) is 9.15 Å². The molecule has 4 nitrogen and oxygen atoms in total. The highest BCUT2D eigenvalue weighted by atomic mass is 16.5. The Balaban J connectivity index is 1.73. The Bertz CT molecular complexity index is 510. The number of nitrogens with one attached hydrogen (secondary N) is 1. The molecule has 0 saturated carbocycles. The maximum atomic E-state index is 9.93. The molecular formula is C16H21NO3. The van der Waals surface area contributed by atoms with Gasteiger partial charge in [-0.05, 0) is 37.6 Å². The molecule has 0 fully saturated rings. The molecule has 1 unspecified atom stereocenters. The van der Waals surface area contributed by atoms with Crippen LogP contribution in [0.25, 0.3) is 0 Å². The van der Waals surface area contributed by atoms with Crippen molar-refractivity contribution in [2.45, 2.75) is 26.0 Å². The third kappa shape index (κ3) is 4.11. The predicted octanol–water partition coefficient (Wildman–Crippen LogP) is 2.68. The van der Waals surface area contributed by atoms with Crippen molar-refractivity contribution < 1.29 is 14.3 Å². The van der Waals surface area contributed by atoms with Crippen molar-refractivity contribution in [1.29, 1.82) is 0 Å². The molecule has 2 N–H and O–H groups in total. The van der Waals surface area contributed by atoms with Crippen LogP contribution in [0.3, 0.4) is 0 Å². The number of furan rings is 1. The van der Waals surface area contributed by atoms with Crippen LogP contribution in [0.5, 0.6) is 5.75 Å². The lowest BCUT2D eigenvalue weighted by atomic mass is 10.2. The molecule has 0 bridgehead atoms. The summed E-state index contributed by atoms with van der Waals surface area (Å²) in [5.41, 5.74) is 1.07. The minimum Gasteiger partial charge on any atom is -0.491 e. The van der Waals surface area contributed by atoms with Gasteiger partial charge >= 0.3 is 0 Å². The molecule has 0 aliphatic heterocycles. The van der Waals surface area contributed by atoms with Crippen LogP contribution in [-0.4, -0.2) is 24.4 Å². The average molecular weight is 275 g/mol. The summed E-state index contributed by atoms with van der Waals surface area (Å²) in [4.78, 5) is 0. The van der Waals surface area contributed by atoms with E-state index in [1.165, 1.54) is 0 Å². The van der Waals surface area contributed by atoms with Gasteiger partial charge in [0.1, 0.15) is 24.2 Å². The van der Waals surface area contributed by atoms with Crippen molar-refractivity contribution in [2.75, 3.05) is 13.2 Å². The number of hydrogen-bond donors (Lipinski definition) is 2. The van der Waals surface area contributed by atoms with Gasteiger partial charge in [-0.25, -0.2) is 0 Å². The Morgan fingerprint density at radius 2 is 2.05 bits per heavy atom.